The van der Waals surface area contributed by atoms with Crippen molar-refractivity contribution in [2.75, 3.05) is 12.4 Å². The molecule has 0 radical (unpaired) electrons. The Labute approximate surface area is 223 Å². The number of benzene rings is 1. The first kappa shape index (κ1) is 32.4. The quantitative estimate of drug-likeness (QED) is 0.318. The van der Waals surface area contributed by atoms with Gasteiger partial charge in [0, 0.05) is 18.7 Å². The fourth-order valence-corrected chi connectivity index (χ4v) is 3.48. The number of halogens is 2. The van der Waals surface area contributed by atoms with Crippen LogP contribution in [-0.2, 0) is 20.8 Å². The average molecular weight is 548 g/mol. The van der Waals surface area contributed by atoms with Gasteiger partial charge in [-0.3, -0.25) is 9.63 Å². The molecule has 0 aliphatic rings. The molecular weight excluding hydrogens is 516 g/mol. The maximum Gasteiger partial charge on any atom is 0.277 e. The lowest BCUT2D eigenvalue weighted by molar-refractivity contribution is -0.0987. The van der Waals surface area contributed by atoms with Gasteiger partial charge in [-0.25, -0.2) is 23.8 Å². The first-order valence-electron chi connectivity index (χ1n) is 11.7. The van der Waals surface area contributed by atoms with Gasteiger partial charge in [-0.2, -0.15) is 5.10 Å². The van der Waals surface area contributed by atoms with E-state index < -0.39 is 23.1 Å². The fraction of sp³-hybridized carbons (Fsp3) is 0.320. The van der Waals surface area contributed by atoms with Crippen molar-refractivity contribution in [1.29, 1.82) is 0 Å². The Kier molecular flexibility index (Phi) is 13.0. The Balaban J connectivity index is 0.00000119. The number of hydrogen-bond acceptors (Lipinski definition) is 10. The van der Waals surface area contributed by atoms with E-state index in [2.05, 4.69) is 30.4 Å². The molecule has 3 heterocycles. The zero-order valence-corrected chi connectivity index (χ0v) is 22.5. The first-order chi connectivity index (χ1) is 18.8. The molecule has 210 valence electrons. The predicted molar refractivity (Wildman–Crippen MR) is 139 cm³/mol. The van der Waals surface area contributed by atoms with Crippen molar-refractivity contribution in [3.8, 4) is 11.5 Å². The zero-order valence-electron chi connectivity index (χ0n) is 22.5. The van der Waals surface area contributed by atoms with Gasteiger partial charge in [0.15, 0.2) is 5.82 Å². The van der Waals surface area contributed by atoms with E-state index in [1.807, 2.05) is 53.7 Å². The van der Waals surface area contributed by atoms with Gasteiger partial charge in [-0.1, -0.05) is 34.6 Å². The van der Waals surface area contributed by atoms with Crippen LogP contribution >= 0.6 is 0 Å². The van der Waals surface area contributed by atoms with E-state index in [4.69, 9.17) is 14.0 Å². The van der Waals surface area contributed by atoms with Crippen molar-refractivity contribution < 1.29 is 32.4 Å². The molecule has 0 unspecified atom stereocenters. The van der Waals surface area contributed by atoms with Crippen molar-refractivity contribution in [2.45, 2.75) is 47.0 Å². The second kappa shape index (κ2) is 15.6. The normalized spacial score (nSPS) is 9.97. The summed E-state index contributed by atoms with van der Waals surface area (Å²) in [5.41, 5.74) is 3.47. The summed E-state index contributed by atoms with van der Waals surface area (Å²) >= 11 is 0. The molecule has 0 bridgehead atoms. The van der Waals surface area contributed by atoms with Crippen LogP contribution in [0.25, 0.3) is 17.0 Å². The number of amides is 1. The minimum Gasteiger partial charge on any atom is -0.421 e. The zero-order chi connectivity index (χ0) is 29.7. The SMILES string of the molecule is C=O.C=O.CC.CCc1nnc(-c2cn3ncnc(Nc4cc(C(=O)NOC)c(F)cc4F)c3c2C(C)C)o1. The minimum absolute atomic E-state index is 0.0189. The molecule has 12 nitrogen and oxygen atoms in total. The first-order valence-corrected chi connectivity index (χ1v) is 11.7. The van der Waals surface area contributed by atoms with Crippen molar-refractivity contribution in [2.24, 2.45) is 0 Å². The van der Waals surface area contributed by atoms with E-state index in [1.165, 1.54) is 13.4 Å². The number of nitrogens with zero attached hydrogens (tertiary/aromatic N) is 5. The molecule has 0 saturated carbocycles. The number of aromatic nitrogens is 5. The Morgan fingerprint density at radius 3 is 2.36 bits per heavy atom. The van der Waals surface area contributed by atoms with Crippen LogP contribution in [0.1, 0.15) is 62.3 Å². The molecule has 3 aromatic heterocycles. The molecule has 1 amide bonds. The van der Waals surface area contributed by atoms with Gasteiger partial charge in [-0.15, -0.1) is 10.2 Å². The van der Waals surface area contributed by atoms with Crippen molar-refractivity contribution in [3.05, 3.63) is 53.3 Å². The third-order valence-corrected chi connectivity index (χ3v) is 4.94. The van der Waals surface area contributed by atoms with E-state index >= 15 is 0 Å². The number of carbonyl (C=O) groups is 3. The Morgan fingerprint density at radius 1 is 1.13 bits per heavy atom. The molecule has 1 aromatic carbocycles. The molecule has 0 fully saturated rings. The highest BCUT2D eigenvalue weighted by molar-refractivity contribution is 5.95. The molecular formula is C25H31F2N7O5. The lowest BCUT2D eigenvalue weighted by Gasteiger charge is -2.13. The van der Waals surface area contributed by atoms with Crippen molar-refractivity contribution in [3.63, 3.8) is 0 Å². The van der Waals surface area contributed by atoms with Gasteiger partial charge in [0.1, 0.15) is 37.1 Å². The second-order valence-electron chi connectivity index (χ2n) is 7.44. The molecule has 39 heavy (non-hydrogen) atoms. The van der Waals surface area contributed by atoms with E-state index in [0.717, 1.165) is 11.6 Å². The van der Waals surface area contributed by atoms with Crippen molar-refractivity contribution >= 4 is 36.5 Å². The molecule has 0 aliphatic heterocycles. The molecule has 0 aliphatic carbocycles. The van der Waals surface area contributed by atoms with Crippen LogP contribution in [0.2, 0.25) is 0 Å². The number of hydroxylamine groups is 1. The maximum absolute atomic E-state index is 14.6. The maximum atomic E-state index is 14.6. The number of carbonyl (C=O) groups excluding carboxylic acids is 3. The highest BCUT2D eigenvalue weighted by Gasteiger charge is 2.24. The molecule has 0 spiro atoms. The third-order valence-electron chi connectivity index (χ3n) is 4.94. The summed E-state index contributed by atoms with van der Waals surface area (Å²) in [6.45, 7) is 13.8. The van der Waals surface area contributed by atoms with Crippen LogP contribution in [0.4, 0.5) is 20.3 Å². The standard InChI is InChI=1S/C21H21F2N7O3.C2H6.2CH2O/c1-5-16-27-28-21(33-16)12-8-30-18(17(12)10(2)3)19(24-9-25-30)26-15-6-11(20(31)29-32-4)13(22)7-14(15)23;3*1-2/h6-10H,5H2,1-4H3,(H,29,31)(H,24,25,26);1-2H3;2*1H2. The van der Waals surface area contributed by atoms with Gasteiger partial charge >= 0.3 is 0 Å². The summed E-state index contributed by atoms with van der Waals surface area (Å²) in [5.74, 6) is -1.74. The Bertz CT molecular complexity index is 1370. The van der Waals surface area contributed by atoms with Crippen LogP contribution < -0.4 is 10.8 Å². The summed E-state index contributed by atoms with van der Waals surface area (Å²) in [5, 5.41) is 15.3. The largest absolute Gasteiger partial charge is 0.421 e. The van der Waals surface area contributed by atoms with Gasteiger partial charge in [0.25, 0.3) is 5.91 Å². The van der Waals surface area contributed by atoms with Crippen LogP contribution in [0, 0.1) is 11.6 Å². The van der Waals surface area contributed by atoms with Crippen LogP contribution in [0.3, 0.4) is 0 Å². The molecule has 0 saturated heterocycles. The second-order valence-corrected chi connectivity index (χ2v) is 7.44. The summed E-state index contributed by atoms with van der Waals surface area (Å²) in [7, 11) is 1.21. The number of aryl methyl sites for hydroxylation is 1. The van der Waals surface area contributed by atoms with E-state index in [0.29, 0.717) is 35.3 Å². The number of nitrogens with one attached hydrogen (secondary N) is 2. The summed E-state index contributed by atoms with van der Waals surface area (Å²) in [6.07, 6.45) is 3.60. The summed E-state index contributed by atoms with van der Waals surface area (Å²) < 4.78 is 36.0. The highest BCUT2D eigenvalue weighted by Crippen LogP contribution is 2.37. The van der Waals surface area contributed by atoms with Crippen LogP contribution in [0.15, 0.2) is 29.1 Å². The van der Waals surface area contributed by atoms with E-state index in [-0.39, 0.29) is 17.4 Å². The minimum atomic E-state index is -1.03. The smallest absolute Gasteiger partial charge is 0.277 e. The Hall–Kier alpha value is -4.59. The van der Waals surface area contributed by atoms with E-state index in [1.54, 1.807) is 10.7 Å². The predicted octanol–water partition coefficient (Wildman–Crippen LogP) is 4.43. The molecule has 14 heteroatoms. The topological polar surface area (TPSA) is 154 Å². The number of rotatable bonds is 7. The van der Waals surface area contributed by atoms with Crippen molar-refractivity contribution in [1.82, 2.24) is 30.3 Å². The lowest BCUT2D eigenvalue weighted by Crippen LogP contribution is -2.23. The van der Waals surface area contributed by atoms with Gasteiger partial charge in [0.05, 0.1) is 23.9 Å². The molecule has 2 N–H and O–H groups in total. The Morgan fingerprint density at radius 2 is 1.79 bits per heavy atom. The van der Waals surface area contributed by atoms with Gasteiger partial charge in [-0.05, 0) is 17.5 Å². The summed E-state index contributed by atoms with van der Waals surface area (Å²) in [6, 6.07) is 1.66. The number of fused-ring (bicyclic) bond motifs is 1. The molecule has 0 atom stereocenters. The lowest BCUT2D eigenvalue weighted by atomic mass is 10.00. The molecule has 4 aromatic rings. The molecule has 4 rings (SSSR count). The van der Waals surface area contributed by atoms with Crippen LogP contribution in [0.5, 0.6) is 0 Å². The van der Waals surface area contributed by atoms with Gasteiger partial charge < -0.3 is 19.3 Å². The average Bonchev–Trinajstić information content (AvgIpc) is 3.59. The van der Waals surface area contributed by atoms with Crippen LogP contribution in [-0.4, -0.2) is 51.4 Å². The highest BCUT2D eigenvalue weighted by atomic mass is 19.1. The fourth-order valence-electron chi connectivity index (χ4n) is 3.48. The summed E-state index contributed by atoms with van der Waals surface area (Å²) in [4.78, 5) is 36.8. The van der Waals surface area contributed by atoms with E-state index in [9.17, 15) is 13.6 Å². The number of hydrogen-bond donors (Lipinski definition) is 2. The third kappa shape index (κ3) is 7.25. The number of anilines is 2. The van der Waals surface area contributed by atoms with Gasteiger partial charge in [0.2, 0.25) is 11.8 Å². The monoisotopic (exact) mass is 547 g/mol.